The summed E-state index contributed by atoms with van der Waals surface area (Å²) in [6, 6.07) is 6.96. The Bertz CT molecular complexity index is 759. The van der Waals surface area contributed by atoms with Crippen molar-refractivity contribution >= 4 is 32.8 Å². The van der Waals surface area contributed by atoms with Gasteiger partial charge in [-0.1, -0.05) is 15.9 Å². The van der Waals surface area contributed by atoms with E-state index in [0.29, 0.717) is 16.5 Å². The first kappa shape index (κ1) is 13.3. The molecule has 1 aromatic heterocycles. The summed E-state index contributed by atoms with van der Waals surface area (Å²) in [7, 11) is 0. The second kappa shape index (κ2) is 5.24. The molecule has 1 amide bonds. The maximum Gasteiger partial charge on any atom is 0.349 e. The van der Waals surface area contributed by atoms with Gasteiger partial charge in [0.25, 0.3) is 5.91 Å². The first-order valence-corrected chi connectivity index (χ1v) is 6.22. The molecule has 6 heteroatoms. The molecule has 0 saturated carbocycles. The number of nitrogens with one attached hydrogen (secondary N) is 1. The molecule has 0 unspecified atom stereocenters. The van der Waals surface area contributed by atoms with Crippen molar-refractivity contribution in [3.05, 3.63) is 44.2 Å². The van der Waals surface area contributed by atoms with Crippen LogP contribution in [0.25, 0.3) is 11.0 Å². The van der Waals surface area contributed by atoms with E-state index in [9.17, 15) is 9.59 Å². The van der Waals surface area contributed by atoms with Gasteiger partial charge in [-0.25, -0.2) is 4.79 Å². The van der Waals surface area contributed by atoms with Crippen LogP contribution in [-0.4, -0.2) is 12.5 Å². The molecule has 1 aromatic carbocycles. The van der Waals surface area contributed by atoms with Gasteiger partial charge >= 0.3 is 5.63 Å². The van der Waals surface area contributed by atoms with Gasteiger partial charge in [0.05, 0.1) is 6.07 Å². The van der Waals surface area contributed by atoms with Crippen LogP contribution < -0.4 is 10.9 Å². The number of amides is 1. The van der Waals surface area contributed by atoms with Crippen LogP contribution >= 0.6 is 15.9 Å². The predicted octanol–water partition coefficient (Wildman–Crippen LogP) is 2.12. The maximum absolute atomic E-state index is 11.8. The van der Waals surface area contributed by atoms with Gasteiger partial charge in [-0.3, -0.25) is 4.79 Å². The molecule has 0 aliphatic heterocycles. The number of carbonyl (C=O) groups is 1. The number of benzene rings is 1. The summed E-state index contributed by atoms with van der Waals surface area (Å²) < 4.78 is 5.93. The van der Waals surface area contributed by atoms with E-state index in [0.717, 1.165) is 4.47 Å². The summed E-state index contributed by atoms with van der Waals surface area (Å²) in [6.07, 6.45) is 0. The molecule has 2 aromatic rings. The van der Waals surface area contributed by atoms with Gasteiger partial charge in [0.1, 0.15) is 17.7 Å². The Kier molecular flexibility index (Phi) is 3.67. The molecule has 0 fully saturated rings. The number of hydrogen-bond acceptors (Lipinski definition) is 4. The average Bonchev–Trinajstić information content (AvgIpc) is 2.37. The third-order valence-corrected chi connectivity index (χ3v) is 3.18. The Labute approximate surface area is 117 Å². The van der Waals surface area contributed by atoms with Crippen molar-refractivity contribution < 1.29 is 9.21 Å². The van der Waals surface area contributed by atoms with Crippen molar-refractivity contribution in [3.8, 4) is 6.07 Å². The molecule has 0 saturated heterocycles. The first-order valence-electron chi connectivity index (χ1n) is 5.42. The van der Waals surface area contributed by atoms with Gasteiger partial charge < -0.3 is 9.73 Å². The molecule has 0 bridgehead atoms. The van der Waals surface area contributed by atoms with E-state index in [-0.39, 0.29) is 12.1 Å². The molecule has 0 aliphatic rings. The van der Waals surface area contributed by atoms with Crippen LogP contribution in [0.15, 0.2) is 31.9 Å². The van der Waals surface area contributed by atoms with Crippen LogP contribution in [0.4, 0.5) is 0 Å². The van der Waals surface area contributed by atoms with Gasteiger partial charge in [0.2, 0.25) is 0 Å². The quantitative estimate of drug-likeness (QED) is 0.678. The number of nitrogens with zero attached hydrogens (tertiary/aromatic N) is 1. The zero-order valence-electron chi connectivity index (χ0n) is 9.99. The minimum absolute atomic E-state index is 0.0687. The predicted molar refractivity (Wildman–Crippen MR) is 72.9 cm³/mol. The maximum atomic E-state index is 11.8. The van der Waals surface area contributed by atoms with E-state index in [4.69, 9.17) is 9.68 Å². The fourth-order valence-electron chi connectivity index (χ4n) is 1.79. The summed E-state index contributed by atoms with van der Waals surface area (Å²) in [4.78, 5) is 23.7. The Morgan fingerprint density at radius 2 is 2.26 bits per heavy atom. The van der Waals surface area contributed by atoms with E-state index < -0.39 is 11.5 Å². The van der Waals surface area contributed by atoms with E-state index in [1.165, 1.54) is 0 Å². The molecule has 2 rings (SSSR count). The van der Waals surface area contributed by atoms with E-state index in [2.05, 4.69) is 21.2 Å². The van der Waals surface area contributed by atoms with Gasteiger partial charge in [-0.05, 0) is 30.7 Å². The van der Waals surface area contributed by atoms with Crippen LogP contribution in [0.5, 0.6) is 0 Å². The first-order chi connectivity index (χ1) is 9.04. The highest BCUT2D eigenvalue weighted by atomic mass is 79.9. The number of halogens is 1. The number of fused-ring (bicyclic) bond motifs is 1. The van der Waals surface area contributed by atoms with E-state index in [1.54, 1.807) is 31.2 Å². The Balaban J connectivity index is 2.65. The Morgan fingerprint density at radius 1 is 1.53 bits per heavy atom. The van der Waals surface area contributed by atoms with Crippen LogP contribution in [0, 0.1) is 18.3 Å². The molecule has 5 nitrogen and oxygen atoms in total. The number of rotatable bonds is 2. The summed E-state index contributed by atoms with van der Waals surface area (Å²) in [5, 5.41) is 11.5. The molecule has 0 radical (unpaired) electrons. The van der Waals surface area contributed by atoms with Gasteiger partial charge in [-0.2, -0.15) is 5.26 Å². The summed E-state index contributed by atoms with van der Waals surface area (Å²) in [5.74, 6) is -0.602. The Morgan fingerprint density at radius 3 is 2.95 bits per heavy atom. The zero-order valence-corrected chi connectivity index (χ0v) is 11.6. The molecular weight excluding hydrogens is 312 g/mol. The summed E-state index contributed by atoms with van der Waals surface area (Å²) >= 11 is 3.33. The molecule has 0 atom stereocenters. The van der Waals surface area contributed by atoms with Crippen molar-refractivity contribution in [3.63, 3.8) is 0 Å². The molecule has 0 aliphatic carbocycles. The highest BCUT2D eigenvalue weighted by molar-refractivity contribution is 9.10. The number of carbonyl (C=O) groups excluding carboxylic acids is 1. The molecule has 19 heavy (non-hydrogen) atoms. The van der Waals surface area contributed by atoms with Gasteiger partial charge in [0.15, 0.2) is 0 Å². The second-order valence-corrected chi connectivity index (χ2v) is 4.79. The topological polar surface area (TPSA) is 83.1 Å². The van der Waals surface area contributed by atoms with E-state index >= 15 is 0 Å². The van der Waals surface area contributed by atoms with Crippen molar-refractivity contribution in [2.75, 3.05) is 6.54 Å². The largest absolute Gasteiger partial charge is 0.422 e. The zero-order chi connectivity index (χ0) is 14.0. The van der Waals surface area contributed by atoms with Crippen molar-refractivity contribution in [1.82, 2.24) is 5.32 Å². The number of aryl methyl sites for hydroxylation is 1. The Hall–Kier alpha value is -2.13. The lowest BCUT2D eigenvalue weighted by Crippen LogP contribution is -2.29. The number of nitriles is 1. The summed E-state index contributed by atoms with van der Waals surface area (Å²) in [5.41, 5.74) is 0.175. The van der Waals surface area contributed by atoms with Crippen LogP contribution in [-0.2, 0) is 0 Å². The van der Waals surface area contributed by atoms with Crippen LogP contribution in [0.2, 0.25) is 0 Å². The highest BCUT2D eigenvalue weighted by Crippen LogP contribution is 2.23. The van der Waals surface area contributed by atoms with Crippen molar-refractivity contribution in [2.24, 2.45) is 0 Å². The lowest BCUT2D eigenvalue weighted by Gasteiger charge is -2.07. The standard InChI is InChI=1S/C13H9BrN2O3/c1-7-9-6-8(14)2-3-10(9)19-13(18)11(7)12(17)16-5-4-15/h2-3,6H,5H2,1H3,(H,16,17). The monoisotopic (exact) mass is 320 g/mol. The number of hydrogen-bond donors (Lipinski definition) is 1. The molecule has 1 N–H and O–H groups in total. The third-order valence-electron chi connectivity index (χ3n) is 2.68. The fraction of sp³-hybridized carbons (Fsp3) is 0.154. The van der Waals surface area contributed by atoms with E-state index in [1.807, 2.05) is 0 Å². The molecule has 96 valence electrons. The van der Waals surface area contributed by atoms with Gasteiger partial charge in [-0.15, -0.1) is 0 Å². The fourth-order valence-corrected chi connectivity index (χ4v) is 2.16. The normalized spacial score (nSPS) is 10.2. The minimum Gasteiger partial charge on any atom is -0.422 e. The lowest BCUT2D eigenvalue weighted by atomic mass is 10.1. The SMILES string of the molecule is Cc1c(C(=O)NCC#N)c(=O)oc2ccc(Br)cc12. The second-order valence-electron chi connectivity index (χ2n) is 3.87. The molecule has 0 spiro atoms. The highest BCUT2D eigenvalue weighted by Gasteiger charge is 2.18. The summed E-state index contributed by atoms with van der Waals surface area (Å²) in [6.45, 7) is 1.52. The smallest absolute Gasteiger partial charge is 0.349 e. The minimum atomic E-state index is -0.706. The van der Waals surface area contributed by atoms with Crippen LogP contribution in [0.3, 0.4) is 0 Å². The van der Waals surface area contributed by atoms with Crippen molar-refractivity contribution in [2.45, 2.75) is 6.92 Å². The average molecular weight is 321 g/mol. The van der Waals surface area contributed by atoms with Crippen LogP contribution in [0.1, 0.15) is 15.9 Å². The molecule has 1 heterocycles. The molecular formula is C13H9BrN2O3. The van der Waals surface area contributed by atoms with Gasteiger partial charge in [0, 0.05) is 9.86 Å². The third kappa shape index (κ3) is 2.51. The lowest BCUT2D eigenvalue weighted by molar-refractivity contribution is 0.0954. The van der Waals surface area contributed by atoms with Crippen molar-refractivity contribution in [1.29, 1.82) is 5.26 Å².